The summed E-state index contributed by atoms with van der Waals surface area (Å²) in [4.78, 5) is 15.1. The molecule has 10 nitrogen and oxygen atoms in total. The number of β-amino-alcohol motifs (C(OH)–C–C–N with tert-alkyl or cyclic N) is 1. The minimum atomic E-state index is -3.89. The van der Waals surface area contributed by atoms with E-state index in [9.17, 15) is 18.3 Å². The maximum absolute atomic E-state index is 13.6. The molecule has 3 saturated heterocycles. The fourth-order valence-corrected chi connectivity index (χ4v) is 6.99. The summed E-state index contributed by atoms with van der Waals surface area (Å²) in [6.45, 7) is 3.75. The van der Waals surface area contributed by atoms with Crippen LogP contribution in [0, 0.1) is 0 Å². The SMILES string of the molecule is COc1ccc(S(=O)(=O)N2C[C@H](O)COC[C@@H]3O[C@@H](CC(=O)NCCN4CCCCC4)CC[C@H]32)cc1. The molecular weight excluding hydrogens is 486 g/mol. The van der Waals surface area contributed by atoms with Gasteiger partial charge in [-0.25, -0.2) is 8.42 Å². The van der Waals surface area contributed by atoms with Crippen molar-refractivity contribution >= 4 is 15.9 Å². The van der Waals surface area contributed by atoms with Gasteiger partial charge in [0.1, 0.15) is 5.75 Å². The van der Waals surface area contributed by atoms with Crippen molar-refractivity contribution in [2.75, 3.05) is 53.0 Å². The lowest BCUT2D eigenvalue weighted by Gasteiger charge is -2.43. The molecule has 4 atom stereocenters. The van der Waals surface area contributed by atoms with Gasteiger partial charge in [0, 0.05) is 19.6 Å². The highest BCUT2D eigenvalue weighted by atomic mass is 32.2. The lowest BCUT2D eigenvalue weighted by molar-refractivity contribution is -0.146. The number of fused-ring (bicyclic) bond motifs is 1. The van der Waals surface area contributed by atoms with Crippen molar-refractivity contribution in [2.45, 2.75) is 67.8 Å². The number of ether oxygens (including phenoxy) is 3. The summed E-state index contributed by atoms with van der Waals surface area (Å²) in [5.74, 6) is 0.506. The summed E-state index contributed by atoms with van der Waals surface area (Å²) in [5.41, 5.74) is 0. The highest BCUT2D eigenvalue weighted by Gasteiger charge is 2.43. The van der Waals surface area contributed by atoms with Crippen molar-refractivity contribution in [3.8, 4) is 5.75 Å². The Morgan fingerprint density at radius 1 is 1.14 bits per heavy atom. The molecular formula is C25H39N3O7S. The van der Waals surface area contributed by atoms with Crippen LogP contribution in [0.2, 0.25) is 0 Å². The minimum absolute atomic E-state index is 0.0167. The van der Waals surface area contributed by atoms with E-state index in [1.807, 2.05) is 0 Å². The molecule has 1 aromatic carbocycles. The molecule has 3 heterocycles. The molecule has 0 unspecified atom stereocenters. The van der Waals surface area contributed by atoms with Gasteiger partial charge in [0.25, 0.3) is 0 Å². The van der Waals surface area contributed by atoms with E-state index in [1.165, 1.54) is 42.8 Å². The first-order chi connectivity index (χ1) is 17.4. The fourth-order valence-electron chi connectivity index (χ4n) is 5.27. The van der Waals surface area contributed by atoms with Crippen LogP contribution >= 0.6 is 0 Å². The number of nitrogens with zero attached hydrogens (tertiary/aromatic N) is 2. The Balaban J connectivity index is 1.37. The number of sulfonamides is 1. The van der Waals surface area contributed by atoms with E-state index < -0.39 is 28.3 Å². The van der Waals surface area contributed by atoms with E-state index in [2.05, 4.69) is 10.2 Å². The smallest absolute Gasteiger partial charge is 0.243 e. The van der Waals surface area contributed by atoms with Gasteiger partial charge < -0.3 is 29.5 Å². The Hall–Kier alpha value is -1.76. The largest absolute Gasteiger partial charge is 0.497 e. The highest BCUT2D eigenvalue weighted by molar-refractivity contribution is 7.89. The van der Waals surface area contributed by atoms with E-state index >= 15 is 0 Å². The van der Waals surface area contributed by atoms with Gasteiger partial charge in [0.15, 0.2) is 0 Å². The number of likely N-dealkylation sites (tertiary alicyclic amines) is 1. The maximum Gasteiger partial charge on any atom is 0.243 e. The summed E-state index contributed by atoms with van der Waals surface area (Å²) in [5, 5.41) is 13.4. The van der Waals surface area contributed by atoms with Crippen molar-refractivity contribution in [1.82, 2.24) is 14.5 Å². The number of nitrogens with one attached hydrogen (secondary N) is 1. The van der Waals surface area contributed by atoms with E-state index in [0.717, 1.165) is 19.6 Å². The monoisotopic (exact) mass is 525 g/mol. The van der Waals surface area contributed by atoms with Gasteiger partial charge in [-0.05, 0) is 63.0 Å². The molecule has 1 amide bonds. The van der Waals surface area contributed by atoms with Gasteiger partial charge >= 0.3 is 0 Å². The minimum Gasteiger partial charge on any atom is -0.497 e. The quantitative estimate of drug-likeness (QED) is 0.516. The Bertz CT molecular complexity index is 953. The first-order valence-electron chi connectivity index (χ1n) is 12.9. The Morgan fingerprint density at radius 3 is 2.61 bits per heavy atom. The van der Waals surface area contributed by atoms with E-state index in [4.69, 9.17) is 14.2 Å². The summed E-state index contributed by atoms with van der Waals surface area (Å²) in [6.07, 6.45) is 3.25. The third-order valence-corrected chi connectivity index (χ3v) is 9.12. The molecule has 0 saturated carbocycles. The molecule has 1 aromatic rings. The average Bonchev–Trinajstić information content (AvgIpc) is 2.87. The van der Waals surface area contributed by atoms with Crippen LogP contribution in [-0.2, 0) is 24.3 Å². The Morgan fingerprint density at radius 2 is 1.89 bits per heavy atom. The number of carbonyl (C=O) groups excluding carboxylic acids is 1. The number of carbonyl (C=O) groups is 1. The van der Waals surface area contributed by atoms with Crippen molar-refractivity contribution in [2.24, 2.45) is 0 Å². The molecule has 11 heteroatoms. The van der Waals surface area contributed by atoms with Crippen LogP contribution in [-0.4, -0.2) is 106 Å². The van der Waals surface area contributed by atoms with Gasteiger partial charge in [-0.3, -0.25) is 4.79 Å². The summed E-state index contributed by atoms with van der Waals surface area (Å²) in [6, 6.07) is 5.72. The summed E-state index contributed by atoms with van der Waals surface area (Å²) in [7, 11) is -2.37. The number of hydrogen-bond donors (Lipinski definition) is 2. The van der Waals surface area contributed by atoms with Gasteiger partial charge in [-0.1, -0.05) is 6.42 Å². The summed E-state index contributed by atoms with van der Waals surface area (Å²) >= 11 is 0. The number of hydrogen-bond acceptors (Lipinski definition) is 8. The number of amides is 1. The van der Waals surface area contributed by atoms with E-state index in [-0.39, 0.29) is 43.1 Å². The lowest BCUT2D eigenvalue weighted by atomic mass is 9.96. The second-order valence-corrected chi connectivity index (χ2v) is 11.7. The average molecular weight is 526 g/mol. The molecule has 0 aromatic heterocycles. The Labute approximate surface area is 213 Å². The van der Waals surface area contributed by atoms with E-state index in [0.29, 0.717) is 25.1 Å². The van der Waals surface area contributed by atoms with Gasteiger partial charge in [0.05, 0.1) is 56.0 Å². The predicted molar refractivity (Wildman–Crippen MR) is 133 cm³/mol. The van der Waals surface area contributed by atoms with Crippen LogP contribution in [0.25, 0.3) is 0 Å². The fraction of sp³-hybridized carbons (Fsp3) is 0.720. The first-order valence-corrected chi connectivity index (χ1v) is 14.4. The number of methoxy groups -OCH3 is 1. The van der Waals surface area contributed by atoms with Crippen LogP contribution in [0.15, 0.2) is 29.2 Å². The third kappa shape index (κ3) is 6.96. The lowest BCUT2D eigenvalue weighted by Crippen LogP contribution is -2.57. The summed E-state index contributed by atoms with van der Waals surface area (Å²) < 4.78 is 45.5. The van der Waals surface area contributed by atoms with Crippen molar-refractivity contribution in [1.29, 1.82) is 0 Å². The second-order valence-electron chi connectivity index (χ2n) is 9.84. The van der Waals surface area contributed by atoms with Crippen LogP contribution in [0.5, 0.6) is 5.75 Å². The number of piperidine rings is 1. The van der Waals surface area contributed by atoms with Gasteiger partial charge in [-0.15, -0.1) is 0 Å². The zero-order valence-corrected chi connectivity index (χ0v) is 21.8. The molecule has 0 aliphatic carbocycles. The normalized spacial score (nSPS) is 28.5. The van der Waals surface area contributed by atoms with Crippen LogP contribution in [0.3, 0.4) is 0 Å². The second kappa shape index (κ2) is 12.7. The predicted octanol–water partition coefficient (Wildman–Crippen LogP) is 0.985. The first kappa shape index (κ1) is 27.3. The maximum atomic E-state index is 13.6. The molecule has 0 bridgehead atoms. The van der Waals surface area contributed by atoms with Crippen LogP contribution < -0.4 is 10.1 Å². The van der Waals surface area contributed by atoms with Crippen molar-refractivity contribution in [3.63, 3.8) is 0 Å². The highest BCUT2D eigenvalue weighted by Crippen LogP contribution is 2.32. The number of aliphatic hydroxyl groups excluding tert-OH is 1. The standard InChI is InChI=1S/C25H39N3O7S/c1-33-20-5-8-22(9-6-20)36(31,32)28-16-19(29)17-34-18-24-23(28)10-7-21(35-24)15-25(30)26-11-14-27-12-3-2-4-13-27/h5-6,8-9,19,21,23-24,29H,2-4,7,10-18H2,1H3,(H,26,30)/t19-,21+,23+,24-/m0/s1. The Kier molecular flexibility index (Phi) is 9.59. The number of benzene rings is 1. The topological polar surface area (TPSA) is 118 Å². The van der Waals surface area contributed by atoms with Gasteiger partial charge in [0.2, 0.25) is 15.9 Å². The molecule has 3 aliphatic rings. The van der Waals surface area contributed by atoms with Crippen molar-refractivity contribution in [3.05, 3.63) is 24.3 Å². The van der Waals surface area contributed by atoms with Crippen LogP contribution in [0.1, 0.15) is 38.5 Å². The number of aliphatic hydroxyl groups is 1. The number of rotatable bonds is 8. The molecule has 202 valence electrons. The molecule has 36 heavy (non-hydrogen) atoms. The zero-order chi connectivity index (χ0) is 25.5. The molecule has 0 spiro atoms. The third-order valence-electron chi connectivity index (χ3n) is 7.21. The van der Waals surface area contributed by atoms with Crippen LogP contribution in [0.4, 0.5) is 0 Å². The van der Waals surface area contributed by atoms with Crippen molar-refractivity contribution < 1.29 is 32.5 Å². The molecule has 2 N–H and O–H groups in total. The molecule has 4 rings (SSSR count). The van der Waals surface area contributed by atoms with E-state index in [1.54, 1.807) is 12.1 Å². The zero-order valence-electron chi connectivity index (χ0n) is 21.0. The van der Waals surface area contributed by atoms with Gasteiger partial charge in [-0.2, -0.15) is 4.31 Å². The molecule has 3 aliphatic heterocycles. The molecule has 3 fully saturated rings. The molecule has 0 radical (unpaired) electrons.